The SMILES string of the molecule is COc1cc(C(O)C(=O)c2ccc(OCC3CO3)c(OC)c2)ccc1C. The summed E-state index contributed by atoms with van der Waals surface area (Å²) in [6.07, 6.45) is -1.17. The summed E-state index contributed by atoms with van der Waals surface area (Å²) >= 11 is 0. The van der Waals surface area contributed by atoms with E-state index >= 15 is 0 Å². The highest BCUT2D eigenvalue weighted by molar-refractivity contribution is 6.00. The van der Waals surface area contributed by atoms with Crippen LogP contribution in [0.25, 0.3) is 0 Å². The van der Waals surface area contributed by atoms with Crippen LogP contribution in [0.3, 0.4) is 0 Å². The van der Waals surface area contributed by atoms with Crippen molar-refractivity contribution in [1.82, 2.24) is 0 Å². The van der Waals surface area contributed by atoms with Gasteiger partial charge < -0.3 is 24.1 Å². The lowest BCUT2D eigenvalue weighted by Gasteiger charge is -2.15. The molecule has 2 atom stereocenters. The van der Waals surface area contributed by atoms with Gasteiger partial charge in [-0.1, -0.05) is 12.1 Å². The Morgan fingerprint density at radius 1 is 1.15 bits per heavy atom. The predicted molar refractivity (Wildman–Crippen MR) is 95.3 cm³/mol. The lowest BCUT2D eigenvalue weighted by Crippen LogP contribution is -2.13. The highest BCUT2D eigenvalue weighted by Crippen LogP contribution is 2.31. The Bertz CT molecular complexity index is 797. The van der Waals surface area contributed by atoms with E-state index in [-0.39, 0.29) is 6.10 Å². The van der Waals surface area contributed by atoms with E-state index in [9.17, 15) is 9.90 Å². The molecule has 1 heterocycles. The van der Waals surface area contributed by atoms with Crippen LogP contribution in [0.5, 0.6) is 17.2 Å². The number of aliphatic hydroxyl groups is 1. The van der Waals surface area contributed by atoms with Gasteiger partial charge in [0.15, 0.2) is 17.3 Å². The van der Waals surface area contributed by atoms with Crippen molar-refractivity contribution in [3.8, 4) is 17.2 Å². The van der Waals surface area contributed by atoms with Crippen LogP contribution in [-0.4, -0.2) is 44.4 Å². The molecule has 0 saturated carbocycles. The first-order valence-electron chi connectivity index (χ1n) is 8.32. The van der Waals surface area contributed by atoms with Crippen molar-refractivity contribution in [1.29, 1.82) is 0 Å². The molecule has 0 aliphatic carbocycles. The van der Waals surface area contributed by atoms with Gasteiger partial charge in [0.25, 0.3) is 0 Å². The fourth-order valence-corrected chi connectivity index (χ4v) is 2.60. The Kier molecular flexibility index (Phi) is 5.44. The minimum atomic E-state index is -1.29. The van der Waals surface area contributed by atoms with E-state index < -0.39 is 11.9 Å². The molecule has 2 aromatic carbocycles. The summed E-state index contributed by atoms with van der Waals surface area (Å²) in [6.45, 7) is 3.04. The smallest absolute Gasteiger partial charge is 0.195 e. The number of benzene rings is 2. The zero-order valence-electron chi connectivity index (χ0n) is 15.0. The maximum Gasteiger partial charge on any atom is 0.195 e. The first-order chi connectivity index (χ1) is 12.5. The number of hydrogen-bond donors (Lipinski definition) is 1. The molecular formula is C20H22O6. The average Bonchev–Trinajstić information content (AvgIpc) is 3.50. The summed E-state index contributed by atoms with van der Waals surface area (Å²) < 4.78 is 21.3. The normalized spacial score (nSPS) is 16.7. The monoisotopic (exact) mass is 358 g/mol. The van der Waals surface area contributed by atoms with E-state index in [0.717, 1.165) is 5.56 Å². The van der Waals surface area contributed by atoms with Crippen molar-refractivity contribution < 1.29 is 28.8 Å². The number of aryl methyl sites for hydroxylation is 1. The lowest BCUT2D eigenvalue weighted by molar-refractivity contribution is 0.0746. The second-order valence-corrected chi connectivity index (χ2v) is 6.13. The molecule has 26 heavy (non-hydrogen) atoms. The van der Waals surface area contributed by atoms with Crippen molar-refractivity contribution in [3.63, 3.8) is 0 Å². The van der Waals surface area contributed by atoms with Gasteiger partial charge in [-0.25, -0.2) is 0 Å². The van der Waals surface area contributed by atoms with E-state index in [2.05, 4.69) is 0 Å². The molecule has 0 aromatic heterocycles. The molecule has 1 aliphatic heterocycles. The van der Waals surface area contributed by atoms with E-state index in [1.54, 1.807) is 37.4 Å². The number of ketones is 1. The molecule has 0 amide bonds. The molecule has 138 valence electrons. The van der Waals surface area contributed by atoms with Crippen LogP contribution in [0.15, 0.2) is 36.4 Å². The number of rotatable bonds is 8. The summed E-state index contributed by atoms with van der Waals surface area (Å²) in [4.78, 5) is 12.7. The van der Waals surface area contributed by atoms with Gasteiger partial charge in [-0.15, -0.1) is 0 Å². The zero-order chi connectivity index (χ0) is 18.7. The maximum absolute atomic E-state index is 12.7. The number of epoxide rings is 1. The maximum atomic E-state index is 12.7. The van der Waals surface area contributed by atoms with E-state index in [4.69, 9.17) is 18.9 Å². The first kappa shape index (κ1) is 18.2. The van der Waals surface area contributed by atoms with Crippen LogP contribution < -0.4 is 14.2 Å². The van der Waals surface area contributed by atoms with Crippen LogP contribution in [0.4, 0.5) is 0 Å². The summed E-state index contributed by atoms with van der Waals surface area (Å²) in [6, 6.07) is 10.0. The molecular weight excluding hydrogens is 336 g/mol. The standard InChI is InChI=1S/C20H22O6/c1-12-4-5-13(8-17(12)23-2)19(21)20(22)14-6-7-16(18(9-14)24-3)26-11-15-10-25-15/h4-9,15,19,21H,10-11H2,1-3H3. The van der Waals surface area contributed by atoms with Gasteiger partial charge in [0.05, 0.1) is 20.8 Å². The number of carbonyl (C=O) groups excluding carboxylic acids is 1. The second-order valence-electron chi connectivity index (χ2n) is 6.13. The van der Waals surface area contributed by atoms with Gasteiger partial charge in [0.2, 0.25) is 0 Å². The van der Waals surface area contributed by atoms with Gasteiger partial charge in [0, 0.05) is 5.56 Å². The number of ether oxygens (including phenoxy) is 4. The molecule has 1 N–H and O–H groups in total. The second kappa shape index (κ2) is 7.76. The molecule has 0 spiro atoms. The fourth-order valence-electron chi connectivity index (χ4n) is 2.60. The molecule has 0 bridgehead atoms. The molecule has 0 radical (unpaired) electrons. The highest BCUT2D eigenvalue weighted by Gasteiger charge is 2.25. The van der Waals surface area contributed by atoms with Crippen molar-refractivity contribution in [2.24, 2.45) is 0 Å². The van der Waals surface area contributed by atoms with E-state index in [1.807, 2.05) is 13.0 Å². The predicted octanol–water partition coefficient (Wildman–Crippen LogP) is 2.71. The minimum absolute atomic E-state index is 0.124. The lowest BCUT2D eigenvalue weighted by atomic mass is 9.98. The number of carbonyl (C=O) groups is 1. The van der Waals surface area contributed by atoms with Gasteiger partial charge in [0.1, 0.15) is 24.6 Å². The van der Waals surface area contributed by atoms with Gasteiger partial charge >= 0.3 is 0 Å². The molecule has 1 saturated heterocycles. The highest BCUT2D eigenvalue weighted by atomic mass is 16.6. The molecule has 2 aromatic rings. The van der Waals surface area contributed by atoms with Crippen LogP contribution in [0.2, 0.25) is 0 Å². The summed E-state index contributed by atoms with van der Waals surface area (Å²) in [5.41, 5.74) is 1.74. The van der Waals surface area contributed by atoms with Gasteiger partial charge in [-0.3, -0.25) is 4.79 Å². The van der Waals surface area contributed by atoms with Crippen molar-refractivity contribution in [2.45, 2.75) is 19.1 Å². The third kappa shape index (κ3) is 3.98. The van der Waals surface area contributed by atoms with Crippen molar-refractivity contribution in [3.05, 3.63) is 53.1 Å². The minimum Gasteiger partial charge on any atom is -0.496 e. The molecule has 1 fully saturated rings. The summed E-state index contributed by atoms with van der Waals surface area (Å²) in [5, 5.41) is 10.5. The Hall–Kier alpha value is -2.57. The Morgan fingerprint density at radius 2 is 1.88 bits per heavy atom. The quantitative estimate of drug-likeness (QED) is 0.577. The van der Waals surface area contributed by atoms with Gasteiger partial charge in [-0.05, 0) is 42.3 Å². The number of hydrogen-bond acceptors (Lipinski definition) is 6. The average molecular weight is 358 g/mol. The number of aliphatic hydroxyl groups excluding tert-OH is 1. The summed E-state index contributed by atoms with van der Waals surface area (Å²) in [5.74, 6) is 1.17. The Balaban J connectivity index is 1.79. The first-order valence-corrected chi connectivity index (χ1v) is 8.32. The van der Waals surface area contributed by atoms with Crippen LogP contribution in [0, 0.1) is 6.92 Å². The third-order valence-electron chi connectivity index (χ3n) is 4.27. The van der Waals surface area contributed by atoms with E-state index in [0.29, 0.717) is 41.6 Å². The molecule has 6 heteroatoms. The fraction of sp³-hybridized carbons (Fsp3) is 0.350. The number of Topliss-reactive ketones (excluding diaryl/α,β-unsaturated/α-hetero) is 1. The topological polar surface area (TPSA) is 77.5 Å². The van der Waals surface area contributed by atoms with Crippen molar-refractivity contribution >= 4 is 5.78 Å². The third-order valence-corrected chi connectivity index (χ3v) is 4.27. The van der Waals surface area contributed by atoms with Gasteiger partial charge in [-0.2, -0.15) is 0 Å². The molecule has 2 unspecified atom stereocenters. The van der Waals surface area contributed by atoms with Crippen molar-refractivity contribution in [2.75, 3.05) is 27.4 Å². The Labute approximate surface area is 152 Å². The zero-order valence-corrected chi connectivity index (χ0v) is 15.0. The number of methoxy groups -OCH3 is 2. The van der Waals surface area contributed by atoms with Crippen LogP contribution >= 0.6 is 0 Å². The van der Waals surface area contributed by atoms with Crippen LogP contribution in [-0.2, 0) is 4.74 Å². The largest absolute Gasteiger partial charge is 0.496 e. The molecule has 1 aliphatic rings. The summed E-state index contributed by atoms with van der Waals surface area (Å²) in [7, 11) is 3.06. The van der Waals surface area contributed by atoms with E-state index in [1.165, 1.54) is 7.11 Å². The molecule has 3 rings (SSSR count). The molecule has 6 nitrogen and oxygen atoms in total. The Morgan fingerprint density at radius 3 is 2.54 bits per heavy atom. The van der Waals surface area contributed by atoms with Crippen LogP contribution in [0.1, 0.15) is 27.6 Å².